The van der Waals surface area contributed by atoms with Gasteiger partial charge in [-0.2, -0.15) is 0 Å². The molecule has 1 aromatic carbocycles. The van der Waals surface area contributed by atoms with Crippen LogP contribution in [0.4, 0.5) is 4.39 Å². The summed E-state index contributed by atoms with van der Waals surface area (Å²) in [5.41, 5.74) is 1.85. The number of halogens is 1. The Bertz CT molecular complexity index is 539. The lowest BCUT2D eigenvalue weighted by Gasteiger charge is -2.27. The number of hydrogen-bond acceptors (Lipinski definition) is 2. The van der Waals surface area contributed by atoms with E-state index in [0.29, 0.717) is 5.92 Å². The number of piperidine rings is 1. The standard InChI is InChI=1S/C15H18FN3/c1-19-8-6-12(7-9-19)15-17-10-14(18-15)11-2-4-13(16)5-3-11/h2-5,10,12H,6-9H2,1H3,(H,17,18). The molecule has 0 spiro atoms. The first-order valence-electron chi connectivity index (χ1n) is 6.72. The molecule has 1 aliphatic rings. The Balaban J connectivity index is 1.77. The highest BCUT2D eigenvalue weighted by Crippen LogP contribution is 2.27. The summed E-state index contributed by atoms with van der Waals surface area (Å²) in [4.78, 5) is 10.3. The SMILES string of the molecule is CN1CCC(c2nc(-c3ccc(F)cc3)c[nH]2)CC1. The normalized spacial score (nSPS) is 17.8. The molecule has 0 bridgehead atoms. The minimum Gasteiger partial charge on any atom is -0.348 e. The van der Waals surface area contributed by atoms with Crippen molar-refractivity contribution in [2.45, 2.75) is 18.8 Å². The van der Waals surface area contributed by atoms with Gasteiger partial charge in [-0.15, -0.1) is 0 Å². The van der Waals surface area contributed by atoms with Crippen molar-refractivity contribution >= 4 is 0 Å². The number of aromatic nitrogens is 2. The molecule has 2 aromatic rings. The Kier molecular flexibility index (Phi) is 3.34. The zero-order valence-electron chi connectivity index (χ0n) is 11.1. The van der Waals surface area contributed by atoms with E-state index in [1.807, 2.05) is 6.20 Å². The molecule has 0 saturated carbocycles. The van der Waals surface area contributed by atoms with E-state index in [0.717, 1.165) is 43.0 Å². The molecule has 3 nitrogen and oxygen atoms in total. The fourth-order valence-electron chi connectivity index (χ4n) is 2.60. The van der Waals surface area contributed by atoms with Gasteiger partial charge in [-0.1, -0.05) is 0 Å². The van der Waals surface area contributed by atoms with Gasteiger partial charge in [0.05, 0.1) is 5.69 Å². The lowest BCUT2D eigenvalue weighted by molar-refractivity contribution is 0.251. The minimum absolute atomic E-state index is 0.213. The van der Waals surface area contributed by atoms with E-state index in [-0.39, 0.29) is 5.82 Å². The smallest absolute Gasteiger partial charge is 0.123 e. The zero-order chi connectivity index (χ0) is 13.2. The number of nitrogens with one attached hydrogen (secondary N) is 1. The van der Waals surface area contributed by atoms with E-state index in [4.69, 9.17) is 0 Å². The van der Waals surface area contributed by atoms with Gasteiger partial charge in [0.1, 0.15) is 11.6 Å². The Labute approximate surface area is 112 Å². The van der Waals surface area contributed by atoms with E-state index >= 15 is 0 Å². The van der Waals surface area contributed by atoms with Crippen LogP contribution in [0.2, 0.25) is 0 Å². The molecule has 0 unspecified atom stereocenters. The van der Waals surface area contributed by atoms with Gasteiger partial charge >= 0.3 is 0 Å². The number of aromatic amines is 1. The van der Waals surface area contributed by atoms with Crippen molar-refractivity contribution < 1.29 is 4.39 Å². The van der Waals surface area contributed by atoms with E-state index < -0.39 is 0 Å². The summed E-state index contributed by atoms with van der Waals surface area (Å²) in [6.45, 7) is 2.24. The molecule has 1 aliphatic heterocycles. The zero-order valence-corrected chi connectivity index (χ0v) is 11.1. The molecular formula is C15H18FN3. The van der Waals surface area contributed by atoms with Crippen LogP contribution in [0.15, 0.2) is 30.5 Å². The van der Waals surface area contributed by atoms with Crippen LogP contribution in [0.3, 0.4) is 0 Å². The summed E-state index contributed by atoms with van der Waals surface area (Å²) in [5.74, 6) is 1.37. The van der Waals surface area contributed by atoms with Gasteiger partial charge in [-0.05, 0) is 57.2 Å². The molecule has 1 aromatic heterocycles. The fraction of sp³-hybridized carbons (Fsp3) is 0.400. The summed E-state index contributed by atoms with van der Waals surface area (Å²) in [5, 5.41) is 0. The van der Waals surface area contributed by atoms with Crippen LogP contribution in [0.5, 0.6) is 0 Å². The van der Waals surface area contributed by atoms with Gasteiger partial charge in [-0.3, -0.25) is 0 Å². The third kappa shape index (κ3) is 2.68. The van der Waals surface area contributed by atoms with Crippen LogP contribution in [0.1, 0.15) is 24.6 Å². The molecule has 3 rings (SSSR count). The average molecular weight is 259 g/mol. The molecule has 4 heteroatoms. The number of likely N-dealkylation sites (tertiary alicyclic amines) is 1. The molecule has 0 aliphatic carbocycles. The Morgan fingerprint density at radius 1 is 1.21 bits per heavy atom. The molecule has 1 fully saturated rings. The van der Waals surface area contributed by atoms with Gasteiger partial charge in [-0.25, -0.2) is 9.37 Å². The number of nitrogens with zero attached hydrogens (tertiary/aromatic N) is 2. The van der Waals surface area contributed by atoms with Crippen molar-refractivity contribution in [3.05, 3.63) is 42.1 Å². The van der Waals surface area contributed by atoms with E-state index in [1.54, 1.807) is 12.1 Å². The Morgan fingerprint density at radius 3 is 2.58 bits per heavy atom. The van der Waals surface area contributed by atoms with Crippen LogP contribution in [-0.2, 0) is 0 Å². The minimum atomic E-state index is -0.213. The van der Waals surface area contributed by atoms with Crippen molar-refractivity contribution in [2.75, 3.05) is 20.1 Å². The van der Waals surface area contributed by atoms with Crippen LogP contribution >= 0.6 is 0 Å². The van der Waals surface area contributed by atoms with Crippen LogP contribution in [-0.4, -0.2) is 35.0 Å². The number of hydrogen-bond donors (Lipinski definition) is 1. The van der Waals surface area contributed by atoms with Crippen molar-refractivity contribution in [1.82, 2.24) is 14.9 Å². The lowest BCUT2D eigenvalue weighted by Crippen LogP contribution is -2.29. The van der Waals surface area contributed by atoms with Crippen LogP contribution in [0.25, 0.3) is 11.3 Å². The Hall–Kier alpha value is -1.68. The molecule has 1 N–H and O–H groups in total. The van der Waals surface area contributed by atoms with Crippen molar-refractivity contribution in [3.63, 3.8) is 0 Å². The van der Waals surface area contributed by atoms with E-state index in [9.17, 15) is 4.39 Å². The molecular weight excluding hydrogens is 241 g/mol. The maximum atomic E-state index is 12.9. The highest BCUT2D eigenvalue weighted by molar-refractivity contribution is 5.58. The summed E-state index contributed by atoms with van der Waals surface area (Å²) in [6.07, 6.45) is 4.21. The fourth-order valence-corrected chi connectivity index (χ4v) is 2.60. The van der Waals surface area contributed by atoms with Crippen molar-refractivity contribution in [2.24, 2.45) is 0 Å². The lowest BCUT2D eigenvalue weighted by atomic mass is 9.96. The highest BCUT2D eigenvalue weighted by Gasteiger charge is 2.21. The summed E-state index contributed by atoms with van der Waals surface area (Å²) in [7, 11) is 2.16. The third-order valence-electron chi connectivity index (χ3n) is 3.84. The van der Waals surface area contributed by atoms with Gasteiger partial charge < -0.3 is 9.88 Å². The summed E-state index contributed by atoms with van der Waals surface area (Å²) < 4.78 is 12.9. The maximum Gasteiger partial charge on any atom is 0.123 e. The topological polar surface area (TPSA) is 31.9 Å². The number of benzene rings is 1. The summed E-state index contributed by atoms with van der Waals surface area (Å²) in [6, 6.07) is 6.48. The number of H-pyrrole nitrogens is 1. The van der Waals surface area contributed by atoms with Crippen LogP contribution < -0.4 is 0 Å². The first-order chi connectivity index (χ1) is 9.22. The molecule has 0 radical (unpaired) electrons. The second kappa shape index (κ2) is 5.13. The second-order valence-electron chi connectivity index (χ2n) is 5.26. The predicted molar refractivity (Wildman–Crippen MR) is 73.5 cm³/mol. The largest absolute Gasteiger partial charge is 0.348 e. The average Bonchev–Trinajstić information content (AvgIpc) is 2.90. The molecule has 19 heavy (non-hydrogen) atoms. The van der Waals surface area contributed by atoms with Gasteiger partial charge in [0, 0.05) is 17.7 Å². The van der Waals surface area contributed by atoms with Crippen molar-refractivity contribution in [1.29, 1.82) is 0 Å². The monoisotopic (exact) mass is 259 g/mol. The van der Waals surface area contributed by atoms with Gasteiger partial charge in [0.2, 0.25) is 0 Å². The van der Waals surface area contributed by atoms with E-state index in [2.05, 4.69) is 21.9 Å². The molecule has 0 amide bonds. The quantitative estimate of drug-likeness (QED) is 0.899. The van der Waals surface area contributed by atoms with Gasteiger partial charge in [0.15, 0.2) is 0 Å². The van der Waals surface area contributed by atoms with E-state index in [1.165, 1.54) is 12.1 Å². The first-order valence-corrected chi connectivity index (χ1v) is 6.72. The molecule has 1 saturated heterocycles. The number of rotatable bonds is 2. The first kappa shape index (κ1) is 12.4. The second-order valence-corrected chi connectivity index (χ2v) is 5.26. The number of imidazole rings is 1. The Morgan fingerprint density at radius 2 is 1.89 bits per heavy atom. The predicted octanol–water partition coefficient (Wildman–Crippen LogP) is 3.03. The molecule has 2 heterocycles. The van der Waals surface area contributed by atoms with Crippen molar-refractivity contribution in [3.8, 4) is 11.3 Å². The molecule has 0 atom stereocenters. The third-order valence-corrected chi connectivity index (χ3v) is 3.84. The highest BCUT2D eigenvalue weighted by atomic mass is 19.1. The van der Waals surface area contributed by atoms with Crippen LogP contribution in [0, 0.1) is 5.82 Å². The summed E-state index contributed by atoms with van der Waals surface area (Å²) >= 11 is 0. The molecule has 100 valence electrons. The maximum absolute atomic E-state index is 12.9. The van der Waals surface area contributed by atoms with Gasteiger partial charge in [0.25, 0.3) is 0 Å².